The number of hydrogen-bond acceptors (Lipinski definition) is 4. The number of halogens is 3. The molecule has 0 amide bonds. The first-order chi connectivity index (χ1) is 9.13. The molecule has 0 saturated carbocycles. The zero-order valence-electron chi connectivity index (χ0n) is 10.1. The Hall–Kier alpha value is -1.94. The first-order valence-electron chi connectivity index (χ1n) is 5.10. The van der Waals surface area contributed by atoms with Crippen LogP contribution in [0.25, 0.3) is 11.3 Å². The maximum absolute atomic E-state index is 10.7. The number of aryl methyl sites for hydroxylation is 1. The zero-order chi connectivity index (χ0) is 15.4. The molecule has 2 aromatic rings. The van der Waals surface area contributed by atoms with Gasteiger partial charge in [0, 0.05) is 10.7 Å². The van der Waals surface area contributed by atoms with Gasteiger partial charge < -0.3 is 4.55 Å². The smallest absolute Gasteiger partial charge is 0.485 e. The molecule has 20 heavy (non-hydrogen) atoms. The molecule has 0 aliphatic rings. The maximum atomic E-state index is 10.7. The third-order valence-electron chi connectivity index (χ3n) is 2.11. The predicted molar refractivity (Wildman–Crippen MR) is 61.0 cm³/mol. The van der Waals surface area contributed by atoms with Crippen LogP contribution in [0.1, 0.15) is 0 Å². The highest BCUT2D eigenvalue weighted by atomic mass is 32.2. The van der Waals surface area contributed by atoms with Crippen molar-refractivity contribution in [1.29, 1.82) is 0 Å². The third-order valence-corrected chi connectivity index (χ3v) is 2.68. The third kappa shape index (κ3) is 4.31. The molecule has 1 N–H and O–H groups in total. The van der Waals surface area contributed by atoms with Crippen LogP contribution >= 0.6 is 0 Å². The Bertz CT molecular complexity index is 653. The van der Waals surface area contributed by atoms with E-state index in [-0.39, 0.29) is 0 Å². The number of rotatable bonds is 1. The monoisotopic (exact) mass is 309 g/mol. The molecule has 0 aliphatic carbocycles. The molecule has 0 saturated heterocycles. The molecule has 1 heterocycles. The topological polar surface area (TPSA) is 89.8 Å². The normalized spacial score (nSPS) is 11.7. The second-order valence-corrected chi connectivity index (χ2v) is 4.94. The van der Waals surface area contributed by atoms with E-state index < -0.39 is 15.6 Å². The number of nitrogens with zero attached hydrogens (tertiary/aromatic N) is 2. The second kappa shape index (κ2) is 6.01. The summed E-state index contributed by atoms with van der Waals surface area (Å²) in [6.45, 7) is 0. The molecule has 6 nitrogen and oxygen atoms in total. The predicted octanol–water partition coefficient (Wildman–Crippen LogP) is 0.953. The minimum atomic E-state index is -6.09. The van der Waals surface area contributed by atoms with Gasteiger partial charge in [-0.2, -0.15) is 17.9 Å². The van der Waals surface area contributed by atoms with Crippen LogP contribution < -0.4 is 4.68 Å². The lowest BCUT2D eigenvalue weighted by Crippen LogP contribution is -2.32. The van der Waals surface area contributed by atoms with Crippen LogP contribution in [-0.2, 0) is 17.2 Å². The van der Waals surface area contributed by atoms with Crippen LogP contribution in [-0.4, -0.2) is 28.8 Å². The van der Waals surface area contributed by atoms with Gasteiger partial charge in [0.1, 0.15) is 7.05 Å². The summed E-state index contributed by atoms with van der Waals surface area (Å²) in [4.78, 5) is 0. The Morgan fingerprint density at radius 3 is 2.10 bits per heavy atom. The van der Waals surface area contributed by atoms with Crippen LogP contribution in [0, 0.1) is 0 Å². The molecule has 10 heteroatoms. The minimum absolute atomic E-state index is 1.09. The molecule has 0 fully saturated rings. The molecule has 0 radical (unpaired) electrons. The highest BCUT2D eigenvalue weighted by Crippen LogP contribution is 2.20. The van der Waals surface area contributed by atoms with Gasteiger partial charge in [-0.05, 0) is 0 Å². The number of aromatic amines is 1. The average molecular weight is 309 g/mol. The van der Waals surface area contributed by atoms with E-state index in [0.29, 0.717) is 0 Å². The van der Waals surface area contributed by atoms with E-state index >= 15 is 0 Å². The number of aromatic nitrogens is 3. The lowest BCUT2D eigenvalue weighted by atomic mass is 10.2. The summed E-state index contributed by atoms with van der Waals surface area (Å²) < 4.78 is 60.8. The molecule has 0 atom stereocenters. The fourth-order valence-corrected chi connectivity index (χ4v) is 1.19. The Morgan fingerprint density at radius 1 is 1.25 bits per heavy atom. The molecule has 110 valence electrons. The van der Waals surface area contributed by atoms with Crippen LogP contribution in [0.2, 0.25) is 0 Å². The molecule has 0 spiro atoms. The Balaban J connectivity index is 0.000000221. The number of nitrogens with one attached hydrogen (secondary N) is 1. The van der Waals surface area contributed by atoms with Crippen molar-refractivity contribution in [2.24, 2.45) is 7.05 Å². The van der Waals surface area contributed by atoms with E-state index in [1.54, 1.807) is 0 Å². The second-order valence-electron chi connectivity index (χ2n) is 3.57. The number of hydrogen-bond donors (Lipinski definition) is 1. The maximum Gasteiger partial charge on any atom is 0.485 e. The van der Waals surface area contributed by atoms with Gasteiger partial charge in [0.05, 0.1) is 0 Å². The summed E-state index contributed by atoms with van der Waals surface area (Å²) in [7, 11) is -4.15. The Labute approximate surface area is 112 Å². The van der Waals surface area contributed by atoms with Crippen molar-refractivity contribution in [3.05, 3.63) is 36.5 Å². The molecular formula is C10H10F3N3O3S. The molecule has 2 rings (SSSR count). The standard InChI is InChI=1S/C9H9N3.CHF3O3S/c1-12-9(7-10-11-12)8-5-3-2-4-6-8;2-1(3,4)8(5,6)7/h2-7H,1H3;(H,5,6,7). The lowest BCUT2D eigenvalue weighted by molar-refractivity contribution is -0.720. The fourth-order valence-electron chi connectivity index (χ4n) is 1.19. The fraction of sp³-hybridized carbons (Fsp3) is 0.200. The first-order valence-corrected chi connectivity index (χ1v) is 6.50. The van der Waals surface area contributed by atoms with E-state index in [1.807, 2.05) is 36.1 Å². The van der Waals surface area contributed by atoms with Gasteiger partial charge in [-0.15, -0.1) is 0 Å². The van der Waals surface area contributed by atoms with E-state index in [9.17, 15) is 13.2 Å². The van der Waals surface area contributed by atoms with E-state index in [0.717, 1.165) is 5.69 Å². The molecule has 0 bridgehead atoms. The van der Waals surface area contributed by atoms with Crippen molar-refractivity contribution >= 4 is 10.1 Å². The molecule has 0 unspecified atom stereocenters. The number of alkyl halides is 3. The minimum Gasteiger partial charge on any atom is -0.741 e. The quantitative estimate of drug-likeness (QED) is 0.482. The highest BCUT2D eigenvalue weighted by molar-refractivity contribution is 7.86. The van der Waals surface area contributed by atoms with Crippen molar-refractivity contribution in [2.75, 3.05) is 0 Å². The van der Waals surface area contributed by atoms with Gasteiger partial charge in [-0.1, -0.05) is 35.5 Å². The van der Waals surface area contributed by atoms with Gasteiger partial charge in [0.2, 0.25) is 6.20 Å². The molecule has 1 aromatic heterocycles. The van der Waals surface area contributed by atoms with Crippen molar-refractivity contribution in [3.8, 4) is 11.3 Å². The van der Waals surface area contributed by atoms with Gasteiger partial charge in [0.25, 0.3) is 0 Å². The summed E-state index contributed by atoms with van der Waals surface area (Å²) in [5.74, 6) is 0. The van der Waals surface area contributed by atoms with Gasteiger partial charge >= 0.3 is 5.51 Å². The van der Waals surface area contributed by atoms with Crippen molar-refractivity contribution < 1.29 is 30.8 Å². The first kappa shape index (κ1) is 16.1. The summed E-state index contributed by atoms with van der Waals surface area (Å²) in [6.07, 6.45) is 1.81. The summed E-state index contributed by atoms with van der Waals surface area (Å²) in [5, 5.41) is 6.77. The molecule has 0 aliphatic heterocycles. The summed E-state index contributed by atoms with van der Waals surface area (Å²) in [6, 6.07) is 10.2. The lowest BCUT2D eigenvalue weighted by Gasteiger charge is -2.08. The van der Waals surface area contributed by atoms with Gasteiger partial charge in [0.15, 0.2) is 15.8 Å². The molecular weight excluding hydrogens is 299 g/mol. The van der Waals surface area contributed by atoms with Crippen LogP contribution in [0.5, 0.6) is 0 Å². The van der Waals surface area contributed by atoms with Gasteiger partial charge in [-0.3, -0.25) is 0 Å². The van der Waals surface area contributed by atoms with E-state index in [2.05, 4.69) is 22.4 Å². The van der Waals surface area contributed by atoms with Crippen molar-refractivity contribution in [2.45, 2.75) is 5.51 Å². The summed E-state index contributed by atoms with van der Waals surface area (Å²) >= 11 is 0. The van der Waals surface area contributed by atoms with E-state index in [4.69, 9.17) is 13.0 Å². The van der Waals surface area contributed by atoms with Gasteiger partial charge in [-0.25, -0.2) is 8.42 Å². The zero-order valence-corrected chi connectivity index (χ0v) is 10.9. The van der Waals surface area contributed by atoms with Crippen LogP contribution in [0.3, 0.4) is 0 Å². The number of H-pyrrole nitrogens is 1. The van der Waals surface area contributed by atoms with Crippen LogP contribution in [0.4, 0.5) is 13.2 Å². The molecule has 1 aromatic carbocycles. The largest absolute Gasteiger partial charge is 0.741 e. The number of benzene rings is 1. The summed E-state index contributed by atoms with van der Waals surface area (Å²) in [5.41, 5.74) is -3.38. The average Bonchev–Trinajstić information content (AvgIpc) is 2.75. The van der Waals surface area contributed by atoms with Crippen LogP contribution in [0.15, 0.2) is 36.5 Å². The van der Waals surface area contributed by atoms with E-state index in [1.165, 1.54) is 5.56 Å². The Kier molecular flexibility index (Phi) is 4.84. The van der Waals surface area contributed by atoms with Crippen molar-refractivity contribution in [3.63, 3.8) is 0 Å². The highest BCUT2D eigenvalue weighted by Gasteiger charge is 2.36. The van der Waals surface area contributed by atoms with Crippen molar-refractivity contribution in [1.82, 2.24) is 10.3 Å². The SMILES string of the molecule is C[n+]1[nH]ncc1-c1ccccc1.O=S(=O)([O-])C(F)(F)F. The Morgan fingerprint density at radius 2 is 1.75 bits per heavy atom.